The first-order valence-electron chi connectivity index (χ1n) is 11.5. The number of furan rings is 1. The van der Waals surface area contributed by atoms with Crippen molar-refractivity contribution >= 4 is 17.9 Å². The number of benzene rings is 3. The van der Waals surface area contributed by atoms with Gasteiger partial charge in [0, 0.05) is 11.6 Å². The molecule has 1 heterocycles. The number of carbonyl (C=O) groups is 2. The number of rotatable bonds is 7. The summed E-state index contributed by atoms with van der Waals surface area (Å²) in [5.41, 5.74) is 5.74. The Bertz CT molecular complexity index is 1340. The van der Waals surface area contributed by atoms with Crippen molar-refractivity contribution in [2.45, 2.75) is 26.8 Å². The van der Waals surface area contributed by atoms with Gasteiger partial charge < -0.3 is 15.1 Å². The number of carbonyl (C=O) groups excluding carboxylic acids is 2. The summed E-state index contributed by atoms with van der Waals surface area (Å²) in [6.07, 6.45) is 3.05. The van der Waals surface area contributed by atoms with E-state index in [1.54, 1.807) is 24.3 Å². The third-order valence-corrected chi connectivity index (χ3v) is 5.78. The molecule has 5 nitrogen and oxygen atoms in total. The van der Waals surface area contributed by atoms with Gasteiger partial charge in [-0.15, -0.1) is 0 Å². The van der Waals surface area contributed by atoms with Crippen LogP contribution in [0.25, 0.3) is 6.08 Å². The van der Waals surface area contributed by atoms with Gasteiger partial charge in [0.05, 0.1) is 12.3 Å². The highest BCUT2D eigenvalue weighted by Gasteiger charge is 2.22. The minimum atomic E-state index is -0.421. The molecule has 2 N–H and O–H groups in total. The van der Waals surface area contributed by atoms with Crippen LogP contribution in [0.15, 0.2) is 101 Å². The van der Waals surface area contributed by atoms with Crippen LogP contribution < -0.4 is 10.6 Å². The maximum Gasteiger partial charge on any atom is 0.268 e. The van der Waals surface area contributed by atoms with Gasteiger partial charge in [-0.25, -0.2) is 0 Å². The third-order valence-electron chi connectivity index (χ3n) is 5.78. The summed E-state index contributed by atoms with van der Waals surface area (Å²) in [5.74, 6) is -0.335. The molecule has 0 radical (unpaired) electrons. The normalized spacial score (nSPS) is 12.1. The van der Waals surface area contributed by atoms with Crippen LogP contribution in [0.3, 0.4) is 0 Å². The fraction of sp³-hybridized carbons (Fsp3) is 0.133. The summed E-state index contributed by atoms with van der Waals surface area (Å²) in [5, 5.41) is 5.90. The van der Waals surface area contributed by atoms with Crippen LogP contribution in [0.1, 0.15) is 50.0 Å². The van der Waals surface area contributed by atoms with Crippen molar-refractivity contribution in [3.8, 4) is 0 Å². The van der Waals surface area contributed by atoms with E-state index >= 15 is 0 Å². The standard InChI is InChI=1S/C30H28N2O3/c1-20-11-14-24(15-12-20)29(33)31-27(19-25-10-7-17-35-25)30(34)32-28(23-8-5-4-6-9-23)26-16-13-21(2)18-22(26)3/h4-19,28H,1-3H3,(H,31,33)(H,32,34)/b27-19-. The van der Waals surface area contributed by atoms with Gasteiger partial charge in [-0.05, 0) is 61.7 Å². The van der Waals surface area contributed by atoms with Crippen molar-refractivity contribution in [3.05, 3.63) is 136 Å². The number of nitrogens with one attached hydrogen (secondary N) is 2. The summed E-state index contributed by atoms with van der Waals surface area (Å²) >= 11 is 0. The molecule has 1 aromatic heterocycles. The van der Waals surface area contributed by atoms with Gasteiger partial charge in [0.2, 0.25) is 0 Å². The van der Waals surface area contributed by atoms with Gasteiger partial charge in [-0.3, -0.25) is 9.59 Å². The molecule has 35 heavy (non-hydrogen) atoms. The van der Waals surface area contributed by atoms with E-state index in [4.69, 9.17) is 4.42 Å². The fourth-order valence-corrected chi connectivity index (χ4v) is 3.92. The molecule has 3 aromatic carbocycles. The Hall–Kier alpha value is -4.38. The lowest BCUT2D eigenvalue weighted by atomic mass is 9.93. The van der Waals surface area contributed by atoms with Gasteiger partial charge >= 0.3 is 0 Å². The second-order valence-corrected chi connectivity index (χ2v) is 8.57. The van der Waals surface area contributed by atoms with Crippen LogP contribution in [0.2, 0.25) is 0 Å². The lowest BCUT2D eigenvalue weighted by molar-refractivity contribution is -0.118. The highest BCUT2D eigenvalue weighted by atomic mass is 16.3. The molecule has 0 fully saturated rings. The number of amides is 2. The van der Waals surface area contributed by atoms with Crippen LogP contribution in [-0.2, 0) is 4.79 Å². The van der Waals surface area contributed by atoms with Crippen LogP contribution in [0.4, 0.5) is 0 Å². The van der Waals surface area contributed by atoms with E-state index in [-0.39, 0.29) is 11.6 Å². The summed E-state index contributed by atoms with van der Waals surface area (Å²) in [6.45, 7) is 6.02. The van der Waals surface area contributed by atoms with Crippen molar-refractivity contribution in [1.29, 1.82) is 0 Å². The first-order chi connectivity index (χ1) is 16.9. The lowest BCUT2D eigenvalue weighted by Crippen LogP contribution is -2.37. The van der Waals surface area contributed by atoms with Crippen molar-refractivity contribution < 1.29 is 14.0 Å². The van der Waals surface area contributed by atoms with Crippen LogP contribution in [0.5, 0.6) is 0 Å². The molecule has 4 aromatic rings. The molecule has 0 saturated heterocycles. The van der Waals surface area contributed by atoms with Gasteiger partial charge in [0.1, 0.15) is 11.5 Å². The number of aryl methyl sites for hydroxylation is 3. The summed E-state index contributed by atoms with van der Waals surface area (Å²) in [4.78, 5) is 26.5. The first-order valence-corrected chi connectivity index (χ1v) is 11.5. The predicted octanol–water partition coefficient (Wildman–Crippen LogP) is 5.88. The zero-order chi connectivity index (χ0) is 24.8. The molecule has 0 bridgehead atoms. The quantitative estimate of drug-likeness (QED) is 0.336. The Morgan fingerprint density at radius 2 is 1.54 bits per heavy atom. The molecule has 0 saturated carbocycles. The Balaban J connectivity index is 1.67. The highest BCUT2D eigenvalue weighted by molar-refractivity contribution is 6.05. The molecular formula is C30H28N2O3. The van der Waals surface area contributed by atoms with Crippen LogP contribution in [-0.4, -0.2) is 11.8 Å². The van der Waals surface area contributed by atoms with Gasteiger partial charge in [-0.1, -0.05) is 71.8 Å². The van der Waals surface area contributed by atoms with E-state index in [1.165, 1.54) is 12.3 Å². The van der Waals surface area contributed by atoms with E-state index in [1.807, 2.05) is 75.4 Å². The van der Waals surface area contributed by atoms with Gasteiger partial charge in [0.25, 0.3) is 11.8 Å². The minimum Gasteiger partial charge on any atom is -0.465 e. The molecular weight excluding hydrogens is 436 g/mol. The molecule has 0 aliphatic carbocycles. The molecule has 1 atom stereocenters. The topological polar surface area (TPSA) is 71.3 Å². The molecule has 1 unspecified atom stereocenters. The van der Waals surface area contributed by atoms with Crippen molar-refractivity contribution in [1.82, 2.24) is 10.6 Å². The largest absolute Gasteiger partial charge is 0.465 e. The molecule has 0 aliphatic heterocycles. The van der Waals surface area contributed by atoms with Crippen molar-refractivity contribution in [2.75, 3.05) is 0 Å². The molecule has 5 heteroatoms. The van der Waals surface area contributed by atoms with Crippen molar-refractivity contribution in [2.24, 2.45) is 0 Å². The fourth-order valence-electron chi connectivity index (χ4n) is 3.92. The SMILES string of the molecule is Cc1ccc(C(=O)N/C(=C\c2ccco2)C(=O)NC(c2ccccc2)c2ccc(C)cc2C)cc1. The van der Waals surface area contributed by atoms with E-state index in [9.17, 15) is 9.59 Å². The molecule has 2 amide bonds. The molecule has 176 valence electrons. The van der Waals surface area contributed by atoms with E-state index in [0.717, 1.165) is 27.8 Å². The van der Waals surface area contributed by atoms with E-state index in [0.29, 0.717) is 11.3 Å². The maximum absolute atomic E-state index is 13.6. The first kappa shape index (κ1) is 23.8. The number of hydrogen-bond acceptors (Lipinski definition) is 3. The average molecular weight is 465 g/mol. The maximum atomic E-state index is 13.6. The van der Waals surface area contributed by atoms with Gasteiger partial charge in [-0.2, -0.15) is 0 Å². The second-order valence-electron chi connectivity index (χ2n) is 8.57. The minimum absolute atomic E-state index is 0.0937. The monoisotopic (exact) mass is 464 g/mol. The number of hydrogen-bond donors (Lipinski definition) is 2. The summed E-state index contributed by atoms with van der Waals surface area (Å²) in [6, 6.07) is 26.2. The lowest BCUT2D eigenvalue weighted by Gasteiger charge is -2.23. The molecule has 0 aliphatic rings. The molecule has 0 spiro atoms. The average Bonchev–Trinajstić information content (AvgIpc) is 3.36. The zero-order valence-corrected chi connectivity index (χ0v) is 20.0. The summed E-state index contributed by atoms with van der Waals surface area (Å²) < 4.78 is 5.42. The van der Waals surface area contributed by atoms with E-state index in [2.05, 4.69) is 16.7 Å². The Kier molecular flexibility index (Phi) is 7.27. The smallest absolute Gasteiger partial charge is 0.268 e. The van der Waals surface area contributed by atoms with Crippen LogP contribution >= 0.6 is 0 Å². The van der Waals surface area contributed by atoms with Gasteiger partial charge in [0.15, 0.2) is 0 Å². The Morgan fingerprint density at radius 3 is 2.20 bits per heavy atom. The highest BCUT2D eigenvalue weighted by Crippen LogP contribution is 2.26. The van der Waals surface area contributed by atoms with Crippen LogP contribution in [0, 0.1) is 20.8 Å². The van der Waals surface area contributed by atoms with E-state index < -0.39 is 11.9 Å². The summed E-state index contributed by atoms with van der Waals surface area (Å²) in [7, 11) is 0. The molecule has 4 rings (SSSR count). The Morgan fingerprint density at radius 1 is 0.829 bits per heavy atom. The zero-order valence-electron chi connectivity index (χ0n) is 20.0. The Labute approximate surface area is 205 Å². The van der Waals surface area contributed by atoms with Crippen molar-refractivity contribution in [3.63, 3.8) is 0 Å². The second kappa shape index (κ2) is 10.7. The predicted molar refractivity (Wildman–Crippen MR) is 138 cm³/mol. The third kappa shape index (κ3) is 5.95.